The van der Waals surface area contributed by atoms with Crippen molar-refractivity contribution in [2.45, 2.75) is 82.1 Å². The lowest BCUT2D eigenvalue weighted by Crippen LogP contribution is -2.59. The molecule has 5 rings (SSSR count). The number of aliphatic hydroxyl groups is 1. The zero-order valence-corrected chi connectivity index (χ0v) is 27.5. The average molecular weight is 641 g/mol. The van der Waals surface area contributed by atoms with E-state index in [9.17, 15) is 19.5 Å². The van der Waals surface area contributed by atoms with Crippen molar-refractivity contribution in [2.24, 2.45) is 5.92 Å². The molecule has 3 aromatic rings. The number of rotatable bonds is 17. The summed E-state index contributed by atoms with van der Waals surface area (Å²) in [7, 11) is 1.63. The van der Waals surface area contributed by atoms with Crippen LogP contribution in [0.2, 0.25) is 0 Å². The van der Waals surface area contributed by atoms with Gasteiger partial charge in [0.2, 0.25) is 17.7 Å². The predicted octanol–water partition coefficient (Wildman–Crippen LogP) is 3.78. The molecule has 0 unspecified atom stereocenters. The second kappa shape index (κ2) is 16.1. The normalized spacial score (nSPS) is 19.6. The van der Waals surface area contributed by atoms with Crippen LogP contribution in [-0.2, 0) is 33.8 Å². The van der Waals surface area contributed by atoms with Crippen LogP contribution in [-0.4, -0.2) is 71.7 Å². The number of benzene rings is 3. The Kier molecular flexibility index (Phi) is 11.7. The Hall–Kier alpha value is -4.21. The third-order valence-electron chi connectivity index (χ3n) is 9.33. The lowest BCUT2D eigenvalue weighted by atomic mass is 9.90. The minimum atomic E-state index is -0.981. The molecule has 2 aliphatic rings. The second-order valence-electron chi connectivity index (χ2n) is 13.1. The highest BCUT2D eigenvalue weighted by molar-refractivity contribution is 5.96. The number of ether oxygens (including phenoxy) is 1. The van der Waals surface area contributed by atoms with Crippen LogP contribution in [0, 0.1) is 5.92 Å². The van der Waals surface area contributed by atoms with E-state index in [0.717, 1.165) is 35.3 Å². The summed E-state index contributed by atoms with van der Waals surface area (Å²) in [6.45, 7) is 2.60. The molecule has 2 fully saturated rings. The van der Waals surface area contributed by atoms with Gasteiger partial charge in [-0.05, 0) is 66.8 Å². The summed E-state index contributed by atoms with van der Waals surface area (Å²) in [5.41, 5.74) is 2.09. The third kappa shape index (κ3) is 9.42. The molecule has 47 heavy (non-hydrogen) atoms. The highest BCUT2D eigenvalue weighted by Crippen LogP contribution is 2.41. The summed E-state index contributed by atoms with van der Waals surface area (Å²) in [6.07, 6.45) is 3.72. The number of hydrogen-bond acceptors (Lipinski definition) is 6. The molecular weight excluding hydrogens is 592 g/mol. The molecule has 0 spiro atoms. The molecular formula is C38H48N4O5. The monoisotopic (exact) mass is 640 g/mol. The highest BCUT2D eigenvalue weighted by atomic mass is 16.5. The molecule has 1 aliphatic carbocycles. The first kappa shape index (κ1) is 34.1. The number of hydrogen-bond donors (Lipinski definition) is 4. The molecule has 1 saturated carbocycles. The maximum Gasteiger partial charge on any atom is 0.249 e. The van der Waals surface area contributed by atoms with Crippen molar-refractivity contribution < 1.29 is 24.2 Å². The molecule has 4 atom stereocenters. The first-order chi connectivity index (χ1) is 22.8. The lowest BCUT2D eigenvalue weighted by molar-refractivity contribution is -0.143. The molecule has 9 heteroatoms. The van der Waals surface area contributed by atoms with Crippen LogP contribution in [0.25, 0.3) is 0 Å². The molecule has 0 bridgehead atoms. The number of aliphatic hydroxyl groups excluding tert-OH is 1. The van der Waals surface area contributed by atoms with Crippen molar-refractivity contribution >= 4 is 17.7 Å². The maximum absolute atomic E-state index is 14.3. The van der Waals surface area contributed by atoms with Gasteiger partial charge >= 0.3 is 0 Å². The van der Waals surface area contributed by atoms with Crippen molar-refractivity contribution in [3.05, 3.63) is 102 Å². The van der Waals surface area contributed by atoms with Crippen molar-refractivity contribution in [3.63, 3.8) is 0 Å². The fourth-order valence-electron chi connectivity index (χ4n) is 6.70. The Morgan fingerprint density at radius 2 is 1.66 bits per heavy atom. The van der Waals surface area contributed by atoms with Crippen molar-refractivity contribution in [2.75, 3.05) is 20.2 Å². The number of nitrogens with one attached hydrogen (secondary N) is 3. The Morgan fingerprint density at radius 1 is 0.979 bits per heavy atom. The van der Waals surface area contributed by atoms with E-state index < -0.39 is 23.7 Å². The minimum absolute atomic E-state index is 0.187. The van der Waals surface area contributed by atoms with Gasteiger partial charge in [-0.3, -0.25) is 14.4 Å². The zero-order valence-electron chi connectivity index (χ0n) is 27.5. The van der Waals surface area contributed by atoms with Gasteiger partial charge < -0.3 is 30.7 Å². The quantitative estimate of drug-likeness (QED) is 0.178. The predicted molar refractivity (Wildman–Crippen MR) is 182 cm³/mol. The minimum Gasteiger partial charge on any atom is -0.497 e. The van der Waals surface area contributed by atoms with Crippen LogP contribution in [0.5, 0.6) is 5.75 Å². The number of carbonyl (C=O) groups is 3. The third-order valence-corrected chi connectivity index (χ3v) is 9.33. The highest BCUT2D eigenvalue weighted by Gasteiger charge is 2.52. The van der Waals surface area contributed by atoms with Crippen molar-refractivity contribution in [1.82, 2.24) is 20.9 Å². The van der Waals surface area contributed by atoms with Gasteiger partial charge in [-0.2, -0.15) is 0 Å². The van der Waals surface area contributed by atoms with Crippen LogP contribution in [0.4, 0.5) is 0 Å². The van der Waals surface area contributed by atoms with Gasteiger partial charge in [-0.25, -0.2) is 0 Å². The largest absolute Gasteiger partial charge is 0.497 e. The molecule has 0 aromatic heterocycles. The summed E-state index contributed by atoms with van der Waals surface area (Å²) in [5, 5.41) is 20.9. The summed E-state index contributed by atoms with van der Waals surface area (Å²) in [6, 6.07) is 26.1. The Balaban J connectivity index is 1.34. The van der Waals surface area contributed by atoms with Crippen LogP contribution in [0.1, 0.15) is 55.7 Å². The number of carbonyl (C=O) groups excluding carboxylic acids is 3. The Morgan fingerprint density at radius 3 is 2.32 bits per heavy atom. The van der Waals surface area contributed by atoms with E-state index in [2.05, 4.69) is 16.0 Å². The van der Waals surface area contributed by atoms with Crippen molar-refractivity contribution in [1.29, 1.82) is 0 Å². The number of likely N-dealkylation sites (tertiary alicyclic amines) is 1. The second-order valence-corrected chi connectivity index (χ2v) is 13.1. The molecule has 3 aromatic carbocycles. The van der Waals surface area contributed by atoms with E-state index in [1.165, 1.54) is 6.92 Å². The summed E-state index contributed by atoms with van der Waals surface area (Å²) in [4.78, 5) is 42.4. The van der Waals surface area contributed by atoms with E-state index in [1.807, 2.05) is 84.9 Å². The van der Waals surface area contributed by atoms with E-state index in [-0.39, 0.29) is 24.3 Å². The molecule has 9 nitrogen and oxygen atoms in total. The summed E-state index contributed by atoms with van der Waals surface area (Å²) < 4.78 is 5.33. The smallest absolute Gasteiger partial charge is 0.249 e. The van der Waals surface area contributed by atoms with Gasteiger partial charge in [0.25, 0.3) is 0 Å². The van der Waals surface area contributed by atoms with Crippen LogP contribution in [0.15, 0.2) is 84.9 Å². The van der Waals surface area contributed by atoms with E-state index in [0.29, 0.717) is 51.1 Å². The first-order valence-electron chi connectivity index (χ1n) is 16.8. The molecule has 250 valence electrons. The summed E-state index contributed by atoms with van der Waals surface area (Å²) >= 11 is 0. The van der Waals surface area contributed by atoms with Crippen LogP contribution >= 0.6 is 0 Å². The lowest BCUT2D eigenvalue weighted by Gasteiger charge is -2.33. The molecule has 1 aliphatic heterocycles. The van der Waals surface area contributed by atoms with Gasteiger partial charge in [0.05, 0.1) is 19.3 Å². The van der Waals surface area contributed by atoms with E-state index in [1.54, 1.807) is 12.0 Å². The molecule has 4 N–H and O–H groups in total. The SMILES string of the molecule is COc1cccc(CNC[C@@H](O)[C@H](Cc2ccccc2)NC(=O)[C@H](CCc2ccccc2)N2CC[C@@](CC3CC3)(NC(C)=O)C2=O)c1. The Bertz CT molecular complexity index is 1480. The number of methoxy groups -OCH3 is 1. The van der Waals surface area contributed by atoms with Crippen LogP contribution in [0.3, 0.4) is 0 Å². The average Bonchev–Trinajstić information content (AvgIpc) is 3.84. The fourth-order valence-corrected chi connectivity index (χ4v) is 6.70. The van der Waals surface area contributed by atoms with Crippen molar-refractivity contribution in [3.8, 4) is 5.75 Å². The first-order valence-corrected chi connectivity index (χ1v) is 16.8. The molecule has 1 heterocycles. The maximum atomic E-state index is 14.3. The molecule has 3 amide bonds. The topological polar surface area (TPSA) is 120 Å². The van der Waals surface area contributed by atoms with Gasteiger partial charge in [-0.1, -0.05) is 85.6 Å². The summed E-state index contributed by atoms with van der Waals surface area (Å²) in [5.74, 6) is 0.451. The fraction of sp³-hybridized carbons (Fsp3) is 0.447. The van der Waals surface area contributed by atoms with E-state index in [4.69, 9.17) is 4.74 Å². The molecule has 0 radical (unpaired) electrons. The van der Waals surface area contributed by atoms with Crippen LogP contribution < -0.4 is 20.7 Å². The van der Waals surface area contributed by atoms with Gasteiger partial charge in [-0.15, -0.1) is 0 Å². The number of aryl methyl sites for hydroxylation is 1. The number of amides is 3. The van der Waals surface area contributed by atoms with E-state index >= 15 is 0 Å². The molecule has 1 saturated heterocycles. The van der Waals surface area contributed by atoms with Gasteiger partial charge in [0.1, 0.15) is 17.3 Å². The van der Waals surface area contributed by atoms with Gasteiger partial charge in [0, 0.05) is 26.6 Å². The zero-order chi connectivity index (χ0) is 33.2. The number of nitrogens with zero attached hydrogens (tertiary/aromatic N) is 1. The van der Waals surface area contributed by atoms with Gasteiger partial charge in [0.15, 0.2) is 0 Å². The standard InChI is InChI=1S/C38H48N4O5/c1-27(43)41-38(24-30-16-17-30)20-21-42(37(38)46)34(19-18-28-10-5-3-6-11-28)36(45)40-33(23-29-12-7-4-8-13-29)35(44)26-39-25-31-14-9-15-32(22-31)47-2/h3-15,22,30,33-35,39,44H,16-21,23-26H2,1-2H3,(H,40,45)(H,41,43)/t33-,34-,35+,38-/m0/s1. The Labute approximate surface area is 278 Å².